The van der Waals surface area contributed by atoms with Gasteiger partial charge in [-0.3, -0.25) is 9.59 Å². The van der Waals surface area contributed by atoms with Gasteiger partial charge in [0.05, 0.1) is 0 Å². The third-order valence-electron chi connectivity index (χ3n) is 3.20. The Morgan fingerprint density at radius 3 is 2.47 bits per heavy atom. The molecule has 1 heterocycles. The van der Waals surface area contributed by atoms with Crippen molar-refractivity contribution in [1.29, 1.82) is 0 Å². The molecule has 4 nitrogen and oxygen atoms in total. The van der Waals surface area contributed by atoms with Gasteiger partial charge in [-0.25, -0.2) is 4.39 Å². The second-order valence-corrected chi connectivity index (χ2v) is 4.76. The Balaban J connectivity index is 1.70. The van der Waals surface area contributed by atoms with Gasteiger partial charge in [0.1, 0.15) is 5.82 Å². The van der Waals surface area contributed by atoms with Gasteiger partial charge in [0.2, 0.25) is 5.91 Å². The molecule has 0 saturated carbocycles. The molecule has 1 amide bonds. The lowest BCUT2D eigenvalue weighted by Gasteiger charge is -2.27. The molecule has 19 heavy (non-hydrogen) atoms. The number of hydrogen-bond acceptors (Lipinski definition) is 3. The Labute approximate surface area is 111 Å². The predicted octanol–water partition coefficient (Wildman–Crippen LogP) is 1.12. The molecule has 0 spiro atoms. The molecule has 1 aromatic carbocycles. The highest BCUT2D eigenvalue weighted by Crippen LogP contribution is 2.07. The topological polar surface area (TPSA) is 58.2 Å². The summed E-state index contributed by atoms with van der Waals surface area (Å²) >= 11 is 0. The number of benzene rings is 1. The van der Waals surface area contributed by atoms with Crippen LogP contribution in [0.5, 0.6) is 0 Å². The molecule has 0 aliphatic carbocycles. The fourth-order valence-corrected chi connectivity index (χ4v) is 1.85. The number of halogens is 1. The molecule has 1 saturated heterocycles. The quantitative estimate of drug-likeness (QED) is 0.757. The second-order valence-electron chi connectivity index (χ2n) is 4.76. The van der Waals surface area contributed by atoms with Gasteiger partial charge in [0.25, 0.3) is 0 Å². The van der Waals surface area contributed by atoms with Crippen LogP contribution in [0, 0.1) is 11.7 Å². The summed E-state index contributed by atoms with van der Waals surface area (Å²) < 4.78 is 12.7. The molecule has 2 rings (SSSR count). The fourth-order valence-electron chi connectivity index (χ4n) is 1.85. The van der Waals surface area contributed by atoms with Crippen molar-refractivity contribution in [3.05, 3.63) is 35.6 Å². The molecule has 0 bridgehead atoms. The zero-order valence-corrected chi connectivity index (χ0v) is 10.6. The van der Waals surface area contributed by atoms with Crippen LogP contribution in [0.25, 0.3) is 0 Å². The van der Waals surface area contributed by atoms with Crippen LogP contribution in [0.15, 0.2) is 24.3 Å². The van der Waals surface area contributed by atoms with Crippen molar-refractivity contribution in [2.24, 2.45) is 5.92 Å². The van der Waals surface area contributed by atoms with E-state index in [0.29, 0.717) is 18.0 Å². The number of nitrogens with one attached hydrogen (secondary N) is 2. The van der Waals surface area contributed by atoms with Gasteiger partial charge in [-0.05, 0) is 24.3 Å². The zero-order valence-electron chi connectivity index (χ0n) is 10.6. The normalized spacial score (nSPS) is 14.8. The van der Waals surface area contributed by atoms with E-state index in [0.717, 1.165) is 13.1 Å². The summed E-state index contributed by atoms with van der Waals surface area (Å²) in [5, 5.41) is 5.93. The number of rotatable bonds is 6. The monoisotopic (exact) mass is 264 g/mol. The maximum Gasteiger partial charge on any atom is 0.220 e. The smallest absolute Gasteiger partial charge is 0.220 e. The van der Waals surface area contributed by atoms with Crippen molar-refractivity contribution in [3.8, 4) is 0 Å². The Bertz CT molecular complexity index is 455. The number of amides is 1. The highest BCUT2D eigenvalue weighted by molar-refractivity contribution is 5.97. The lowest BCUT2D eigenvalue weighted by atomic mass is 10.0. The first-order chi connectivity index (χ1) is 9.15. The Kier molecular flexibility index (Phi) is 4.63. The highest BCUT2D eigenvalue weighted by atomic mass is 19.1. The van der Waals surface area contributed by atoms with Crippen molar-refractivity contribution < 1.29 is 14.0 Å². The van der Waals surface area contributed by atoms with E-state index in [9.17, 15) is 14.0 Å². The van der Waals surface area contributed by atoms with Crippen LogP contribution in [0.2, 0.25) is 0 Å². The Morgan fingerprint density at radius 1 is 1.21 bits per heavy atom. The van der Waals surface area contributed by atoms with Crippen molar-refractivity contribution in [2.75, 3.05) is 19.6 Å². The number of ketones is 1. The summed E-state index contributed by atoms with van der Waals surface area (Å²) in [6.07, 6.45) is 0.330. The number of hydrogen-bond donors (Lipinski definition) is 2. The summed E-state index contributed by atoms with van der Waals surface area (Å²) in [7, 11) is 0. The van der Waals surface area contributed by atoms with Crippen LogP contribution in [0.4, 0.5) is 4.39 Å². The maximum absolute atomic E-state index is 12.7. The van der Waals surface area contributed by atoms with Gasteiger partial charge in [0, 0.05) is 44.0 Å². The lowest BCUT2D eigenvalue weighted by molar-refractivity contribution is -0.121. The summed E-state index contributed by atoms with van der Waals surface area (Å²) in [5.74, 6) is -0.108. The molecule has 1 fully saturated rings. The minimum atomic E-state index is -0.372. The first kappa shape index (κ1) is 13.7. The summed E-state index contributed by atoms with van der Waals surface area (Å²) in [5.41, 5.74) is 0.442. The van der Waals surface area contributed by atoms with Gasteiger partial charge in [-0.1, -0.05) is 0 Å². The molecule has 102 valence electrons. The van der Waals surface area contributed by atoms with Crippen molar-refractivity contribution >= 4 is 11.7 Å². The van der Waals surface area contributed by atoms with Crippen LogP contribution in [0.1, 0.15) is 23.2 Å². The molecule has 1 aromatic rings. The Morgan fingerprint density at radius 2 is 1.89 bits per heavy atom. The van der Waals surface area contributed by atoms with Crippen LogP contribution < -0.4 is 10.6 Å². The molecule has 0 atom stereocenters. The summed E-state index contributed by atoms with van der Waals surface area (Å²) in [6.45, 7) is 2.54. The molecular formula is C14H17FN2O2. The molecule has 1 aliphatic heterocycles. The van der Waals surface area contributed by atoms with Crippen LogP contribution >= 0.6 is 0 Å². The van der Waals surface area contributed by atoms with Crippen LogP contribution in [-0.4, -0.2) is 31.3 Å². The molecule has 1 aliphatic rings. The molecule has 0 radical (unpaired) electrons. The zero-order chi connectivity index (χ0) is 13.7. The van der Waals surface area contributed by atoms with Crippen molar-refractivity contribution in [1.82, 2.24) is 10.6 Å². The second kappa shape index (κ2) is 6.43. The first-order valence-electron chi connectivity index (χ1n) is 6.41. The molecule has 0 unspecified atom stereocenters. The van der Waals surface area contributed by atoms with Crippen molar-refractivity contribution in [2.45, 2.75) is 12.8 Å². The van der Waals surface area contributed by atoms with E-state index in [1.54, 1.807) is 0 Å². The minimum absolute atomic E-state index is 0.109. The van der Waals surface area contributed by atoms with E-state index in [-0.39, 0.29) is 30.3 Å². The predicted molar refractivity (Wildman–Crippen MR) is 69.3 cm³/mol. The first-order valence-corrected chi connectivity index (χ1v) is 6.41. The van der Waals surface area contributed by atoms with E-state index in [1.165, 1.54) is 24.3 Å². The standard InChI is InChI=1S/C14H17FN2O2/c15-12-3-1-11(2-4-12)13(18)5-6-14(19)17-9-10-7-16-8-10/h1-4,10,16H,5-9H2,(H,17,19). The van der Waals surface area contributed by atoms with E-state index in [2.05, 4.69) is 10.6 Å². The van der Waals surface area contributed by atoms with E-state index >= 15 is 0 Å². The van der Waals surface area contributed by atoms with Gasteiger partial charge in [-0.2, -0.15) is 0 Å². The molecular weight excluding hydrogens is 247 g/mol. The highest BCUT2D eigenvalue weighted by Gasteiger charge is 2.17. The van der Waals surface area contributed by atoms with E-state index in [4.69, 9.17) is 0 Å². The van der Waals surface area contributed by atoms with Gasteiger partial charge < -0.3 is 10.6 Å². The molecule has 0 aromatic heterocycles. The number of carbonyl (C=O) groups excluding carboxylic acids is 2. The van der Waals surface area contributed by atoms with Gasteiger partial charge in [0.15, 0.2) is 5.78 Å². The minimum Gasteiger partial charge on any atom is -0.356 e. The largest absolute Gasteiger partial charge is 0.356 e. The summed E-state index contributed by atoms with van der Waals surface area (Å²) in [6, 6.07) is 5.37. The Hall–Kier alpha value is -1.75. The average Bonchev–Trinajstić information content (AvgIpc) is 2.35. The molecule has 5 heteroatoms. The lowest BCUT2D eigenvalue weighted by Crippen LogP contribution is -2.48. The fraction of sp³-hybridized carbons (Fsp3) is 0.429. The van der Waals surface area contributed by atoms with Crippen LogP contribution in [-0.2, 0) is 4.79 Å². The number of carbonyl (C=O) groups is 2. The summed E-state index contributed by atoms with van der Waals surface area (Å²) in [4.78, 5) is 23.3. The molecule has 2 N–H and O–H groups in total. The van der Waals surface area contributed by atoms with Gasteiger partial charge in [-0.15, -0.1) is 0 Å². The third kappa shape index (κ3) is 4.13. The average molecular weight is 264 g/mol. The van der Waals surface area contributed by atoms with Gasteiger partial charge >= 0.3 is 0 Å². The van der Waals surface area contributed by atoms with E-state index < -0.39 is 0 Å². The van der Waals surface area contributed by atoms with Crippen LogP contribution in [0.3, 0.4) is 0 Å². The maximum atomic E-state index is 12.7. The van der Waals surface area contributed by atoms with E-state index in [1.807, 2.05) is 0 Å². The number of Topliss-reactive ketones (excluding diaryl/α,β-unsaturated/α-hetero) is 1. The van der Waals surface area contributed by atoms with Crippen molar-refractivity contribution in [3.63, 3.8) is 0 Å². The SMILES string of the molecule is O=C(CCC(=O)c1ccc(F)cc1)NCC1CNC1. The third-order valence-corrected chi connectivity index (χ3v) is 3.20.